The molecule has 0 heterocycles. The molecule has 0 aromatic heterocycles. The zero-order valence-corrected chi connectivity index (χ0v) is 12.5. The van der Waals surface area contributed by atoms with Crippen LogP contribution in [0.5, 0.6) is 5.75 Å². The van der Waals surface area contributed by atoms with Crippen LogP contribution in [0, 0.1) is 0 Å². The predicted molar refractivity (Wildman–Crippen MR) is 80.5 cm³/mol. The Morgan fingerprint density at radius 2 is 2.15 bits per heavy atom. The highest BCUT2D eigenvalue weighted by atomic mass is 16.5. The van der Waals surface area contributed by atoms with E-state index >= 15 is 0 Å². The average Bonchev–Trinajstić information content (AvgIpc) is 2.43. The summed E-state index contributed by atoms with van der Waals surface area (Å²) >= 11 is 0. The molecule has 0 aliphatic carbocycles. The Morgan fingerprint density at radius 3 is 2.75 bits per heavy atom. The maximum absolute atomic E-state index is 10.7. The predicted octanol–water partition coefficient (Wildman–Crippen LogP) is 2.11. The molecule has 0 aliphatic rings. The molecule has 0 saturated carbocycles. The summed E-state index contributed by atoms with van der Waals surface area (Å²) in [6.45, 7) is 6.78. The van der Waals surface area contributed by atoms with Gasteiger partial charge in [0.05, 0.1) is 18.7 Å². The summed E-state index contributed by atoms with van der Waals surface area (Å²) in [6, 6.07) is 6.04. The normalized spacial score (nSPS) is 10.3. The van der Waals surface area contributed by atoms with Gasteiger partial charge in [0.2, 0.25) is 0 Å². The molecule has 0 amide bonds. The molecule has 0 saturated heterocycles. The van der Waals surface area contributed by atoms with Crippen LogP contribution < -0.4 is 15.0 Å². The second kappa shape index (κ2) is 8.43. The van der Waals surface area contributed by atoms with Crippen molar-refractivity contribution in [2.45, 2.75) is 26.8 Å². The number of nitrogens with zero attached hydrogens (tertiary/aromatic N) is 1. The summed E-state index contributed by atoms with van der Waals surface area (Å²) < 4.78 is 5.67. The Kier molecular flexibility index (Phi) is 6.87. The van der Waals surface area contributed by atoms with E-state index in [0.717, 1.165) is 30.1 Å². The Balaban J connectivity index is 2.84. The molecular formula is C15H24N2O3. The van der Waals surface area contributed by atoms with E-state index in [1.165, 1.54) is 0 Å². The first kappa shape index (κ1) is 16.3. The molecule has 20 heavy (non-hydrogen) atoms. The minimum absolute atomic E-state index is 0.112. The molecule has 0 aliphatic heterocycles. The van der Waals surface area contributed by atoms with Gasteiger partial charge in [-0.25, -0.2) is 0 Å². The van der Waals surface area contributed by atoms with Gasteiger partial charge in [0.1, 0.15) is 5.75 Å². The number of aliphatic carboxylic acids is 1. The largest absolute Gasteiger partial charge is 0.492 e. The van der Waals surface area contributed by atoms with E-state index in [4.69, 9.17) is 9.84 Å². The van der Waals surface area contributed by atoms with E-state index in [-0.39, 0.29) is 6.42 Å². The van der Waals surface area contributed by atoms with E-state index in [9.17, 15) is 4.79 Å². The highest BCUT2D eigenvalue weighted by molar-refractivity contribution is 5.68. The van der Waals surface area contributed by atoms with E-state index < -0.39 is 5.97 Å². The number of carbonyl (C=O) groups is 1. The van der Waals surface area contributed by atoms with Crippen molar-refractivity contribution >= 4 is 11.7 Å². The van der Waals surface area contributed by atoms with Crippen molar-refractivity contribution in [3.8, 4) is 5.75 Å². The lowest BCUT2D eigenvalue weighted by atomic mass is 10.1. The molecule has 5 nitrogen and oxygen atoms in total. The molecule has 2 N–H and O–H groups in total. The molecule has 0 atom stereocenters. The fourth-order valence-electron chi connectivity index (χ4n) is 1.91. The van der Waals surface area contributed by atoms with Crippen molar-refractivity contribution in [3.63, 3.8) is 0 Å². The number of carboxylic acids is 1. The number of carboxylic acid groups (broad SMARTS) is 1. The summed E-state index contributed by atoms with van der Waals surface area (Å²) in [6.07, 6.45) is 0.112. The maximum Gasteiger partial charge on any atom is 0.305 e. The fourth-order valence-corrected chi connectivity index (χ4v) is 1.91. The van der Waals surface area contributed by atoms with E-state index in [1.807, 2.05) is 37.1 Å². The van der Waals surface area contributed by atoms with Crippen LogP contribution in [-0.2, 0) is 11.3 Å². The second-order valence-electron chi connectivity index (χ2n) is 4.58. The Bertz CT molecular complexity index is 435. The van der Waals surface area contributed by atoms with Crippen LogP contribution in [0.4, 0.5) is 5.69 Å². The van der Waals surface area contributed by atoms with Crippen molar-refractivity contribution < 1.29 is 14.6 Å². The molecule has 1 rings (SSSR count). The summed E-state index contributed by atoms with van der Waals surface area (Å²) in [5.74, 6) is 0.00867. The quantitative estimate of drug-likeness (QED) is 0.725. The monoisotopic (exact) mass is 280 g/mol. The lowest BCUT2D eigenvalue weighted by Gasteiger charge is -2.22. The highest BCUT2D eigenvalue weighted by Crippen LogP contribution is 2.29. The first-order chi connectivity index (χ1) is 9.58. The average molecular weight is 280 g/mol. The third kappa shape index (κ3) is 5.09. The molecule has 5 heteroatoms. The van der Waals surface area contributed by atoms with E-state index in [0.29, 0.717) is 13.2 Å². The minimum atomic E-state index is -0.793. The molecule has 1 aromatic rings. The summed E-state index contributed by atoms with van der Waals surface area (Å²) in [4.78, 5) is 12.6. The van der Waals surface area contributed by atoms with Crippen molar-refractivity contribution in [1.29, 1.82) is 0 Å². The molecule has 0 spiro atoms. The number of nitrogens with one attached hydrogen (secondary N) is 1. The maximum atomic E-state index is 10.7. The topological polar surface area (TPSA) is 61.8 Å². The Labute approximate surface area is 120 Å². The third-order valence-corrected chi connectivity index (χ3v) is 2.98. The number of ether oxygens (including phenoxy) is 1. The van der Waals surface area contributed by atoms with Gasteiger partial charge >= 0.3 is 5.97 Å². The Morgan fingerprint density at radius 1 is 1.40 bits per heavy atom. The number of hydrogen-bond donors (Lipinski definition) is 2. The lowest BCUT2D eigenvalue weighted by molar-refractivity contribution is -0.136. The van der Waals surface area contributed by atoms with Crippen molar-refractivity contribution in [2.24, 2.45) is 0 Å². The second-order valence-corrected chi connectivity index (χ2v) is 4.58. The third-order valence-electron chi connectivity index (χ3n) is 2.98. The van der Waals surface area contributed by atoms with Crippen LogP contribution in [0.25, 0.3) is 0 Å². The zero-order valence-electron chi connectivity index (χ0n) is 12.5. The number of hydrogen-bond acceptors (Lipinski definition) is 4. The van der Waals surface area contributed by atoms with E-state index in [1.54, 1.807) is 0 Å². The fraction of sp³-hybridized carbons (Fsp3) is 0.533. The van der Waals surface area contributed by atoms with Gasteiger partial charge < -0.3 is 20.1 Å². The molecule has 0 fully saturated rings. The molecule has 0 radical (unpaired) electrons. The van der Waals surface area contributed by atoms with Crippen LogP contribution in [-0.4, -0.2) is 37.8 Å². The van der Waals surface area contributed by atoms with Gasteiger partial charge in [-0.2, -0.15) is 0 Å². The minimum Gasteiger partial charge on any atom is -0.492 e. The highest BCUT2D eigenvalue weighted by Gasteiger charge is 2.11. The Hall–Kier alpha value is -1.75. The summed E-state index contributed by atoms with van der Waals surface area (Å²) in [5.41, 5.74) is 2.08. The van der Waals surface area contributed by atoms with E-state index in [2.05, 4.69) is 12.2 Å². The molecule has 0 unspecified atom stereocenters. The zero-order chi connectivity index (χ0) is 15.0. The summed E-state index contributed by atoms with van der Waals surface area (Å²) in [7, 11) is 1.88. The van der Waals surface area contributed by atoms with Gasteiger partial charge in [-0.1, -0.05) is 13.0 Å². The number of anilines is 1. The van der Waals surface area contributed by atoms with Gasteiger partial charge in [-0.15, -0.1) is 0 Å². The first-order valence-electron chi connectivity index (χ1n) is 6.97. The van der Waals surface area contributed by atoms with Crippen molar-refractivity contribution in [3.05, 3.63) is 23.8 Å². The number of benzene rings is 1. The van der Waals surface area contributed by atoms with Crippen LogP contribution in [0.2, 0.25) is 0 Å². The van der Waals surface area contributed by atoms with Crippen molar-refractivity contribution in [1.82, 2.24) is 5.32 Å². The molecule has 1 aromatic carbocycles. The molecular weight excluding hydrogens is 256 g/mol. The van der Waals surface area contributed by atoms with Crippen LogP contribution in [0.15, 0.2) is 18.2 Å². The van der Waals surface area contributed by atoms with Gasteiger partial charge in [0.15, 0.2) is 0 Å². The lowest BCUT2D eigenvalue weighted by Crippen LogP contribution is -2.22. The standard InChI is InChI=1S/C15H24N2O3/c1-4-16-11-12-6-7-13(14(10-12)20-5-2)17(3)9-8-15(18)19/h6-7,10,16H,4-5,8-9,11H2,1-3H3,(H,18,19). The molecule has 0 bridgehead atoms. The van der Waals surface area contributed by atoms with Crippen LogP contribution in [0.3, 0.4) is 0 Å². The smallest absolute Gasteiger partial charge is 0.305 e. The number of rotatable bonds is 9. The van der Waals surface area contributed by atoms with Gasteiger partial charge in [-0.3, -0.25) is 4.79 Å². The summed E-state index contributed by atoms with van der Waals surface area (Å²) in [5, 5.41) is 12.0. The van der Waals surface area contributed by atoms with Gasteiger partial charge in [0.25, 0.3) is 0 Å². The first-order valence-corrected chi connectivity index (χ1v) is 6.97. The van der Waals surface area contributed by atoms with Crippen molar-refractivity contribution in [2.75, 3.05) is 31.6 Å². The van der Waals surface area contributed by atoms with Gasteiger partial charge in [-0.05, 0) is 31.2 Å². The SMILES string of the molecule is CCNCc1ccc(N(C)CCC(=O)O)c(OCC)c1. The van der Waals surface area contributed by atoms with Crippen LogP contribution in [0.1, 0.15) is 25.8 Å². The molecule has 112 valence electrons. The van der Waals surface area contributed by atoms with Crippen LogP contribution >= 0.6 is 0 Å². The van der Waals surface area contributed by atoms with Gasteiger partial charge in [0, 0.05) is 20.1 Å².